The Hall–Kier alpha value is -3.35. The maximum Gasteiger partial charge on any atom is 0.319 e. The second-order valence-electron chi connectivity index (χ2n) is 5.93. The van der Waals surface area contributed by atoms with Crippen LogP contribution in [0.1, 0.15) is 40.1 Å². The molecule has 0 aliphatic heterocycles. The molecular formula is C20H24N4O3. The molecule has 0 fully saturated rings. The SMILES string of the molecule is CCN(CC)C(=O)c1cccc(NC(=O)NCc2cccc(C(N)=O)c2)c1. The summed E-state index contributed by atoms with van der Waals surface area (Å²) in [6.07, 6.45) is 0. The molecule has 0 aromatic heterocycles. The first-order chi connectivity index (χ1) is 12.9. The highest BCUT2D eigenvalue weighted by Crippen LogP contribution is 2.13. The first-order valence-electron chi connectivity index (χ1n) is 8.77. The van der Waals surface area contributed by atoms with Crippen LogP contribution in [-0.2, 0) is 6.54 Å². The lowest BCUT2D eigenvalue weighted by molar-refractivity contribution is 0.0772. The second-order valence-corrected chi connectivity index (χ2v) is 5.93. The summed E-state index contributed by atoms with van der Waals surface area (Å²) in [5, 5.41) is 5.42. The number of hydrogen-bond acceptors (Lipinski definition) is 3. The van der Waals surface area contributed by atoms with E-state index < -0.39 is 11.9 Å². The summed E-state index contributed by atoms with van der Waals surface area (Å²) in [6, 6.07) is 13.1. The zero-order valence-electron chi connectivity index (χ0n) is 15.5. The Morgan fingerprint density at radius 2 is 1.63 bits per heavy atom. The fraction of sp³-hybridized carbons (Fsp3) is 0.250. The van der Waals surface area contributed by atoms with E-state index in [1.807, 2.05) is 13.8 Å². The molecule has 0 aliphatic rings. The molecule has 0 aliphatic carbocycles. The number of amides is 4. The van der Waals surface area contributed by atoms with Crippen LogP contribution in [0.5, 0.6) is 0 Å². The number of urea groups is 1. The largest absolute Gasteiger partial charge is 0.366 e. The van der Waals surface area contributed by atoms with Gasteiger partial charge in [-0.2, -0.15) is 0 Å². The Kier molecular flexibility index (Phi) is 6.93. The maximum absolute atomic E-state index is 12.4. The van der Waals surface area contributed by atoms with Gasteiger partial charge in [0, 0.05) is 36.4 Å². The summed E-state index contributed by atoms with van der Waals surface area (Å²) in [5.74, 6) is -0.594. The van der Waals surface area contributed by atoms with Gasteiger partial charge in [0.05, 0.1) is 0 Å². The molecule has 7 nitrogen and oxygen atoms in total. The van der Waals surface area contributed by atoms with Gasteiger partial charge in [0.1, 0.15) is 0 Å². The van der Waals surface area contributed by atoms with Crippen LogP contribution in [0.3, 0.4) is 0 Å². The van der Waals surface area contributed by atoms with Gasteiger partial charge in [0.2, 0.25) is 5.91 Å². The van der Waals surface area contributed by atoms with E-state index in [2.05, 4.69) is 10.6 Å². The molecule has 0 saturated carbocycles. The number of nitrogens with two attached hydrogens (primary N) is 1. The molecule has 4 amide bonds. The average Bonchev–Trinajstić information content (AvgIpc) is 2.67. The van der Waals surface area contributed by atoms with Crippen molar-refractivity contribution in [2.75, 3.05) is 18.4 Å². The Morgan fingerprint density at radius 3 is 2.30 bits per heavy atom. The van der Waals surface area contributed by atoms with Crippen molar-refractivity contribution in [1.29, 1.82) is 0 Å². The molecule has 0 spiro atoms. The predicted octanol–water partition coefficient (Wildman–Crippen LogP) is 2.59. The number of rotatable bonds is 7. The molecule has 2 aromatic rings. The van der Waals surface area contributed by atoms with Crippen LogP contribution in [0, 0.1) is 0 Å². The number of benzene rings is 2. The van der Waals surface area contributed by atoms with E-state index in [1.54, 1.807) is 53.4 Å². The van der Waals surface area contributed by atoms with Gasteiger partial charge in [-0.3, -0.25) is 9.59 Å². The average molecular weight is 368 g/mol. The van der Waals surface area contributed by atoms with Gasteiger partial charge in [0.25, 0.3) is 5.91 Å². The predicted molar refractivity (Wildman–Crippen MR) is 105 cm³/mol. The van der Waals surface area contributed by atoms with Crippen LogP contribution in [0.2, 0.25) is 0 Å². The van der Waals surface area contributed by atoms with Crippen molar-refractivity contribution in [2.24, 2.45) is 5.73 Å². The minimum absolute atomic E-state index is 0.0766. The monoisotopic (exact) mass is 368 g/mol. The number of carbonyl (C=O) groups is 3. The van der Waals surface area contributed by atoms with Crippen LogP contribution in [0.15, 0.2) is 48.5 Å². The molecule has 142 valence electrons. The topological polar surface area (TPSA) is 105 Å². The number of anilines is 1. The Bertz CT molecular complexity index is 831. The first-order valence-corrected chi connectivity index (χ1v) is 8.77. The van der Waals surface area contributed by atoms with Crippen molar-refractivity contribution >= 4 is 23.5 Å². The molecule has 0 radical (unpaired) electrons. The van der Waals surface area contributed by atoms with Crippen molar-refractivity contribution in [2.45, 2.75) is 20.4 Å². The van der Waals surface area contributed by atoms with E-state index in [1.165, 1.54) is 0 Å². The highest BCUT2D eigenvalue weighted by atomic mass is 16.2. The summed E-state index contributed by atoms with van der Waals surface area (Å²) < 4.78 is 0. The molecule has 0 unspecified atom stereocenters. The van der Waals surface area contributed by atoms with E-state index in [0.29, 0.717) is 29.9 Å². The highest BCUT2D eigenvalue weighted by Gasteiger charge is 2.13. The van der Waals surface area contributed by atoms with Crippen molar-refractivity contribution in [1.82, 2.24) is 10.2 Å². The van der Waals surface area contributed by atoms with Crippen molar-refractivity contribution in [3.8, 4) is 0 Å². The zero-order valence-corrected chi connectivity index (χ0v) is 15.5. The smallest absolute Gasteiger partial charge is 0.319 e. The number of hydrogen-bond donors (Lipinski definition) is 3. The lowest BCUT2D eigenvalue weighted by Crippen LogP contribution is -2.31. The molecule has 2 rings (SSSR count). The minimum Gasteiger partial charge on any atom is -0.366 e. The number of nitrogens with zero attached hydrogens (tertiary/aromatic N) is 1. The van der Waals surface area contributed by atoms with Crippen molar-refractivity contribution in [3.63, 3.8) is 0 Å². The fourth-order valence-electron chi connectivity index (χ4n) is 2.62. The summed E-state index contributed by atoms with van der Waals surface area (Å²) in [6.45, 7) is 5.33. The van der Waals surface area contributed by atoms with Gasteiger partial charge in [0.15, 0.2) is 0 Å². The van der Waals surface area contributed by atoms with Crippen molar-refractivity contribution < 1.29 is 14.4 Å². The van der Waals surface area contributed by atoms with Gasteiger partial charge in [-0.15, -0.1) is 0 Å². The first kappa shape index (κ1) is 20.0. The van der Waals surface area contributed by atoms with Gasteiger partial charge in [-0.05, 0) is 49.7 Å². The van der Waals surface area contributed by atoms with E-state index in [-0.39, 0.29) is 12.5 Å². The zero-order chi connectivity index (χ0) is 19.8. The summed E-state index contributed by atoms with van der Waals surface area (Å²) in [4.78, 5) is 37.4. The quantitative estimate of drug-likeness (QED) is 0.699. The van der Waals surface area contributed by atoms with Crippen LogP contribution in [0.4, 0.5) is 10.5 Å². The molecule has 0 heterocycles. The summed E-state index contributed by atoms with van der Waals surface area (Å²) in [7, 11) is 0. The lowest BCUT2D eigenvalue weighted by Gasteiger charge is -2.19. The Morgan fingerprint density at radius 1 is 0.963 bits per heavy atom. The molecule has 2 aromatic carbocycles. The number of carbonyl (C=O) groups excluding carboxylic acids is 3. The van der Waals surface area contributed by atoms with Crippen LogP contribution in [0.25, 0.3) is 0 Å². The molecule has 4 N–H and O–H groups in total. The lowest BCUT2D eigenvalue weighted by atomic mass is 10.1. The summed E-state index contributed by atoms with van der Waals surface area (Å²) in [5.41, 5.74) is 7.44. The standard InChI is InChI=1S/C20H24N4O3/c1-3-24(4-2)19(26)16-9-6-10-17(12-16)23-20(27)22-13-14-7-5-8-15(11-14)18(21)25/h5-12H,3-4,13H2,1-2H3,(H2,21,25)(H2,22,23,27). The molecule has 0 saturated heterocycles. The molecule has 7 heteroatoms. The minimum atomic E-state index is -0.518. The third-order valence-corrected chi connectivity index (χ3v) is 4.08. The maximum atomic E-state index is 12.4. The third kappa shape index (κ3) is 5.57. The van der Waals surface area contributed by atoms with Gasteiger partial charge in [-0.25, -0.2) is 4.79 Å². The highest BCUT2D eigenvalue weighted by molar-refractivity contribution is 5.97. The van der Waals surface area contributed by atoms with Gasteiger partial charge in [-0.1, -0.05) is 18.2 Å². The van der Waals surface area contributed by atoms with Crippen LogP contribution >= 0.6 is 0 Å². The number of nitrogens with one attached hydrogen (secondary N) is 2. The number of primary amides is 1. The fourth-order valence-corrected chi connectivity index (χ4v) is 2.62. The Labute approximate surface area is 158 Å². The van der Waals surface area contributed by atoms with E-state index in [9.17, 15) is 14.4 Å². The van der Waals surface area contributed by atoms with E-state index in [4.69, 9.17) is 5.73 Å². The molecule has 0 atom stereocenters. The molecular weight excluding hydrogens is 344 g/mol. The summed E-state index contributed by atoms with van der Waals surface area (Å²) >= 11 is 0. The van der Waals surface area contributed by atoms with Gasteiger partial charge < -0.3 is 21.3 Å². The van der Waals surface area contributed by atoms with E-state index >= 15 is 0 Å². The third-order valence-electron chi connectivity index (χ3n) is 4.08. The van der Waals surface area contributed by atoms with Crippen LogP contribution < -0.4 is 16.4 Å². The van der Waals surface area contributed by atoms with E-state index in [0.717, 1.165) is 5.56 Å². The van der Waals surface area contributed by atoms with Crippen molar-refractivity contribution in [3.05, 3.63) is 65.2 Å². The normalized spacial score (nSPS) is 10.1. The molecule has 0 bridgehead atoms. The molecule has 27 heavy (non-hydrogen) atoms. The second kappa shape index (κ2) is 9.38. The Balaban J connectivity index is 1.98. The van der Waals surface area contributed by atoms with Crippen LogP contribution in [-0.4, -0.2) is 35.8 Å². The van der Waals surface area contributed by atoms with Gasteiger partial charge >= 0.3 is 6.03 Å².